The average molecular weight is 317 g/mol. The van der Waals surface area contributed by atoms with Crippen LogP contribution in [0, 0.1) is 0 Å². The molecule has 1 amide bonds. The highest BCUT2D eigenvalue weighted by Crippen LogP contribution is 2.15. The molecule has 8 heteroatoms. The van der Waals surface area contributed by atoms with Crippen LogP contribution in [-0.4, -0.2) is 39.5 Å². The third-order valence-electron chi connectivity index (χ3n) is 3.13. The van der Waals surface area contributed by atoms with Crippen LogP contribution in [0.15, 0.2) is 21.7 Å². The number of rotatable bonds is 5. The van der Waals surface area contributed by atoms with Gasteiger partial charge in [0.25, 0.3) is 10.0 Å². The summed E-state index contributed by atoms with van der Waals surface area (Å²) in [6.45, 7) is 3.25. The molecular weight excluding hydrogens is 298 g/mol. The van der Waals surface area contributed by atoms with Crippen LogP contribution in [-0.2, 0) is 14.8 Å². The van der Waals surface area contributed by atoms with E-state index in [-0.39, 0.29) is 16.2 Å². The number of nitrogens with one attached hydrogen (secondary N) is 3. The van der Waals surface area contributed by atoms with Crippen molar-refractivity contribution in [1.82, 2.24) is 15.4 Å². The Balaban J connectivity index is 1.90. The summed E-state index contributed by atoms with van der Waals surface area (Å²) in [6, 6.07) is 2.47. The van der Waals surface area contributed by atoms with Gasteiger partial charge in [-0.25, -0.2) is 8.42 Å². The van der Waals surface area contributed by atoms with Crippen molar-refractivity contribution in [2.75, 3.05) is 13.1 Å². The number of thiophene rings is 1. The maximum Gasteiger partial charge on any atom is 0.250 e. The molecule has 0 bridgehead atoms. The second kappa shape index (κ2) is 6.66. The molecule has 1 aliphatic heterocycles. The molecule has 0 saturated carbocycles. The van der Waals surface area contributed by atoms with Gasteiger partial charge in [-0.2, -0.15) is 4.72 Å². The van der Waals surface area contributed by atoms with Crippen molar-refractivity contribution in [1.29, 1.82) is 0 Å². The summed E-state index contributed by atoms with van der Waals surface area (Å²) in [5.74, 6) is -0.293. The SMILES string of the molecule is CC(NS(=O)(=O)c1cccs1)C(=O)NC1CCCNC1. The van der Waals surface area contributed by atoms with Gasteiger partial charge in [0.15, 0.2) is 0 Å². The van der Waals surface area contributed by atoms with E-state index in [2.05, 4.69) is 15.4 Å². The van der Waals surface area contributed by atoms with Gasteiger partial charge in [0.2, 0.25) is 5.91 Å². The van der Waals surface area contributed by atoms with Crippen LogP contribution in [0.1, 0.15) is 19.8 Å². The predicted octanol–water partition coefficient (Wildman–Crippen LogP) is 0.283. The fourth-order valence-electron chi connectivity index (χ4n) is 2.06. The summed E-state index contributed by atoms with van der Waals surface area (Å²) in [6.07, 6.45) is 1.93. The fourth-order valence-corrected chi connectivity index (χ4v) is 4.27. The Morgan fingerprint density at radius 2 is 2.35 bits per heavy atom. The van der Waals surface area contributed by atoms with E-state index in [1.807, 2.05) is 0 Å². The highest BCUT2D eigenvalue weighted by molar-refractivity contribution is 7.91. The standard InChI is InChI=1S/C12H19N3O3S2/c1-9(12(16)14-10-4-2-6-13-8-10)15-20(17,18)11-5-3-7-19-11/h3,5,7,9-10,13,15H,2,4,6,8H2,1H3,(H,14,16). The Labute approximate surface area is 123 Å². The molecule has 112 valence electrons. The van der Waals surface area contributed by atoms with Crippen molar-refractivity contribution >= 4 is 27.3 Å². The van der Waals surface area contributed by atoms with Gasteiger partial charge >= 0.3 is 0 Å². The Hall–Kier alpha value is -0.960. The van der Waals surface area contributed by atoms with Gasteiger partial charge in [0, 0.05) is 12.6 Å². The number of amides is 1. The number of hydrogen-bond acceptors (Lipinski definition) is 5. The van der Waals surface area contributed by atoms with E-state index in [0.29, 0.717) is 0 Å². The zero-order chi connectivity index (χ0) is 14.6. The maximum absolute atomic E-state index is 12.0. The molecule has 20 heavy (non-hydrogen) atoms. The molecule has 1 aromatic heterocycles. The minimum absolute atomic E-state index is 0.0740. The lowest BCUT2D eigenvalue weighted by atomic mass is 10.1. The van der Waals surface area contributed by atoms with Crippen molar-refractivity contribution < 1.29 is 13.2 Å². The zero-order valence-corrected chi connectivity index (χ0v) is 12.9. The molecule has 0 aliphatic carbocycles. The molecule has 2 heterocycles. The summed E-state index contributed by atoms with van der Waals surface area (Å²) in [7, 11) is -3.61. The summed E-state index contributed by atoms with van der Waals surface area (Å²) >= 11 is 1.13. The smallest absolute Gasteiger partial charge is 0.250 e. The van der Waals surface area contributed by atoms with E-state index >= 15 is 0 Å². The Morgan fingerprint density at radius 1 is 1.55 bits per heavy atom. The van der Waals surface area contributed by atoms with Crippen LogP contribution in [0.2, 0.25) is 0 Å². The van der Waals surface area contributed by atoms with Crippen LogP contribution >= 0.6 is 11.3 Å². The second-order valence-corrected chi connectivity index (χ2v) is 7.72. The van der Waals surface area contributed by atoms with Crippen LogP contribution in [0.5, 0.6) is 0 Å². The van der Waals surface area contributed by atoms with Gasteiger partial charge < -0.3 is 10.6 Å². The highest BCUT2D eigenvalue weighted by Gasteiger charge is 2.24. The molecule has 3 N–H and O–H groups in total. The van der Waals surface area contributed by atoms with E-state index < -0.39 is 16.1 Å². The van der Waals surface area contributed by atoms with Crippen LogP contribution in [0.3, 0.4) is 0 Å². The normalized spacial score (nSPS) is 21.4. The Kier molecular flexibility index (Phi) is 5.14. The summed E-state index contributed by atoms with van der Waals surface area (Å²) in [4.78, 5) is 12.0. The average Bonchev–Trinajstić information content (AvgIpc) is 2.94. The molecule has 6 nitrogen and oxygen atoms in total. The third kappa shape index (κ3) is 4.02. The van der Waals surface area contributed by atoms with Crippen molar-refractivity contribution in [3.63, 3.8) is 0 Å². The molecule has 1 saturated heterocycles. The lowest BCUT2D eigenvalue weighted by molar-refractivity contribution is -0.123. The quantitative estimate of drug-likeness (QED) is 0.728. The van der Waals surface area contributed by atoms with Gasteiger partial charge in [0.1, 0.15) is 4.21 Å². The van der Waals surface area contributed by atoms with E-state index in [9.17, 15) is 13.2 Å². The van der Waals surface area contributed by atoms with Gasteiger partial charge in [0.05, 0.1) is 6.04 Å². The Morgan fingerprint density at radius 3 is 2.95 bits per heavy atom. The number of carbonyl (C=O) groups excluding carboxylic acids is 1. The molecular formula is C12H19N3O3S2. The van der Waals surface area contributed by atoms with Crippen molar-refractivity contribution in [2.45, 2.75) is 36.1 Å². The van der Waals surface area contributed by atoms with Crippen molar-refractivity contribution in [3.8, 4) is 0 Å². The number of hydrogen-bond donors (Lipinski definition) is 3. The fraction of sp³-hybridized carbons (Fsp3) is 0.583. The first-order valence-electron chi connectivity index (χ1n) is 6.56. The van der Waals surface area contributed by atoms with Gasteiger partial charge in [-0.1, -0.05) is 6.07 Å². The van der Waals surface area contributed by atoms with E-state index in [1.165, 1.54) is 6.07 Å². The lowest BCUT2D eigenvalue weighted by Gasteiger charge is -2.25. The molecule has 0 radical (unpaired) electrons. The van der Waals surface area contributed by atoms with Crippen LogP contribution in [0.4, 0.5) is 0 Å². The summed E-state index contributed by atoms with van der Waals surface area (Å²) in [5.41, 5.74) is 0. The zero-order valence-electron chi connectivity index (χ0n) is 11.3. The van der Waals surface area contributed by atoms with E-state index in [1.54, 1.807) is 18.4 Å². The number of piperidine rings is 1. The van der Waals surface area contributed by atoms with E-state index in [4.69, 9.17) is 0 Å². The third-order valence-corrected chi connectivity index (χ3v) is 6.07. The minimum Gasteiger partial charge on any atom is -0.351 e. The van der Waals surface area contributed by atoms with Crippen LogP contribution in [0.25, 0.3) is 0 Å². The van der Waals surface area contributed by atoms with Gasteiger partial charge in [-0.05, 0) is 37.8 Å². The molecule has 1 fully saturated rings. The maximum atomic E-state index is 12.0. The minimum atomic E-state index is -3.61. The highest BCUT2D eigenvalue weighted by atomic mass is 32.2. The van der Waals surface area contributed by atoms with Crippen molar-refractivity contribution in [2.24, 2.45) is 0 Å². The molecule has 1 aromatic rings. The molecule has 0 spiro atoms. The monoisotopic (exact) mass is 317 g/mol. The van der Waals surface area contributed by atoms with Gasteiger partial charge in [-0.3, -0.25) is 4.79 Å². The predicted molar refractivity (Wildman–Crippen MR) is 78.1 cm³/mol. The number of sulfonamides is 1. The summed E-state index contributed by atoms with van der Waals surface area (Å²) < 4.78 is 26.6. The van der Waals surface area contributed by atoms with Gasteiger partial charge in [-0.15, -0.1) is 11.3 Å². The lowest BCUT2D eigenvalue weighted by Crippen LogP contribution is -2.52. The molecule has 0 aromatic carbocycles. The first-order chi connectivity index (χ1) is 9.49. The first kappa shape index (κ1) is 15.4. The van der Waals surface area contributed by atoms with Crippen molar-refractivity contribution in [3.05, 3.63) is 17.5 Å². The summed E-state index contributed by atoms with van der Waals surface area (Å²) in [5, 5.41) is 7.75. The number of carbonyl (C=O) groups is 1. The molecule has 2 rings (SSSR count). The largest absolute Gasteiger partial charge is 0.351 e. The Bertz CT molecular complexity index is 536. The molecule has 1 aliphatic rings. The first-order valence-corrected chi connectivity index (χ1v) is 8.92. The van der Waals surface area contributed by atoms with Crippen LogP contribution < -0.4 is 15.4 Å². The molecule has 2 unspecified atom stereocenters. The molecule has 2 atom stereocenters. The second-order valence-electron chi connectivity index (χ2n) is 4.83. The van der Waals surface area contributed by atoms with E-state index in [0.717, 1.165) is 37.3 Å². The topological polar surface area (TPSA) is 87.3 Å².